The highest BCUT2D eigenvalue weighted by molar-refractivity contribution is 6.29. The van der Waals surface area contributed by atoms with Gasteiger partial charge in [0.05, 0.1) is 5.69 Å². The lowest BCUT2D eigenvalue weighted by molar-refractivity contribution is -0.127. The van der Waals surface area contributed by atoms with Crippen LogP contribution in [0.25, 0.3) is 0 Å². The summed E-state index contributed by atoms with van der Waals surface area (Å²) in [5, 5.41) is 3.38. The van der Waals surface area contributed by atoms with Crippen molar-refractivity contribution in [1.82, 2.24) is 9.88 Å². The highest BCUT2D eigenvalue weighted by Crippen LogP contribution is 2.21. The molecule has 86 valence electrons. The molecule has 1 atom stereocenters. The van der Waals surface area contributed by atoms with E-state index in [9.17, 15) is 4.79 Å². The maximum Gasteiger partial charge on any atom is 0.244 e. The van der Waals surface area contributed by atoms with E-state index in [2.05, 4.69) is 10.3 Å². The molecule has 5 nitrogen and oxygen atoms in total. The normalized spacial score (nSPS) is 20.2. The third-order valence-electron chi connectivity index (χ3n) is 2.63. The van der Waals surface area contributed by atoms with Crippen molar-refractivity contribution in [3.63, 3.8) is 0 Å². The summed E-state index contributed by atoms with van der Waals surface area (Å²) in [7, 11) is 1.78. The minimum Gasteiger partial charge on any atom is -0.396 e. The summed E-state index contributed by atoms with van der Waals surface area (Å²) in [5.74, 6) is 0.530. The van der Waals surface area contributed by atoms with Gasteiger partial charge in [-0.1, -0.05) is 11.6 Å². The number of likely N-dealkylation sites (N-methyl/N-ethyl adjacent to an activating group) is 1. The van der Waals surface area contributed by atoms with Gasteiger partial charge in [0.15, 0.2) is 5.82 Å². The van der Waals surface area contributed by atoms with Crippen LogP contribution in [0, 0.1) is 0 Å². The first-order valence-electron chi connectivity index (χ1n) is 5.01. The van der Waals surface area contributed by atoms with Gasteiger partial charge in [0.25, 0.3) is 0 Å². The number of nitrogens with one attached hydrogen (secondary N) is 1. The third-order valence-corrected chi connectivity index (χ3v) is 2.84. The van der Waals surface area contributed by atoms with Crippen LogP contribution in [0.2, 0.25) is 5.15 Å². The molecule has 1 unspecified atom stereocenters. The van der Waals surface area contributed by atoms with Gasteiger partial charge in [0.2, 0.25) is 5.91 Å². The molecule has 0 aromatic carbocycles. The summed E-state index contributed by atoms with van der Waals surface area (Å²) in [6.07, 6.45) is 0.753. The van der Waals surface area contributed by atoms with E-state index < -0.39 is 0 Å². The average molecular weight is 241 g/mol. The first-order valence-corrected chi connectivity index (χ1v) is 5.39. The number of halogens is 1. The molecular formula is C10H13ClN4O. The molecule has 6 heteroatoms. The van der Waals surface area contributed by atoms with Crippen molar-refractivity contribution in [2.75, 3.05) is 24.6 Å². The van der Waals surface area contributed by atoms with E-state index in [4.69, 9.17) is 17.3 Å². The Kier molecular flexibility index (Phi) is 2.87. The Morgan fingerprint density at radius 1 is 1.62 bits per heavy atom. The lowest BCUT2D eigenvalue weighted by Gasteiger charge is -2.14. The van der Waals surface area contributed by atoms with Crippen LogP contribution in [0.5, 0.6) is 0 Å². The number of nitrogen functional groups attached to an aromatic ring is 1. The number of carbonyl (C=O) groups excluding carboxylic acids is 1. The molecule has 2 rings (SSSR count). The molecule has 1 saturated heterocycles. The maximum atomic E-state index is 11.7. The number of likely N-dealkylation sites (tertiary alicyclic amines) is 1. The Balaban J connectivity index is 2.15. The smallest absolute Gasteiger partial charge is 0.244 e. The summed E-state index contributed by atoms with van der Waals surface area (Å²) >= 11 is 5.77. The van der Waals surface area contributed by atoms with Crippen LogP contribution < -0.4 is 11.1 Å². The Labute approximate surface area is 98.6 Å². The van der Waals surface area contributed by atoms with E-state index in [-0.39, 0.29) is 11.9 Å². The Hall–Kier alpha value is -1.49. The molecule has 0 radical (unpaired) electrons. The number of hydrogen-bond acceptors (Lipinski definition) is 4. The molecule has 1 aliphatic heterocycles. The summed E-state index contributed by atoms with van der Waals surface area (Å²) < 4.78 is 0. The number of rotatable bonds is 2. The second kappa shape index (κ2) is 4.17. The Morgan fingerprint density at radius 3 is 3.00 bits per heavy atom. The van der Waals surface area contributed by atoms with E-state index in [1.54, 1.807) is 24.1 Å². The number of anilines is 2. The van der Waals surface area contributed by atoms with Crippen LogP contribution in [0.15, 0.2) is 12.1 Å². The monoisotopic (exact) mass is 240 g/mol. The molecule has 0 aliphatic carbocycles. The lowest BCUT2D eigenvalue weighted by atomic mass is 10.2. The van der Waals surface area contributed by atoms with E-state index in [0.29, 0.717) is 16.7 Å². The predicted molar refractivity (Wildman–Crippen MR) is 63.3 cm³/mol. The summed E-state index contributed by atoms with van der Waals surface area (Å²) in [5.41, 5.74) is 6.23. The zero-order chi connectivity index (χ0) is 11.7. The van der Waals surface area contributed by atoms with Gasteiger partial charge in [-0.25, -0.2) is 4.98 Å². The van der Waals surface area contributed by atoms with Crippen molar-refractivity contribution < 1.29 is 4.79 Å². The van der Waals surface area contributed by atoms with Crippen LogP contribution in [-0.4, -0.2) is 35.4 Å². The summed E-state index contributed by atoms with van der Waals surface area (Å²) in [6, 6.07) is 3.03. The molecule has 1 aromatic heterocycles. The molecular weight excluding hydrogens is 228 g/mol. The van der Waals surface area contributed by atoms with Crippen LogP contribution in [0.1, 0.15) is 6.42 Å². The number of hydrogen-bond donors (Lipinski definition) is 2. The molecule has 1 amide bonds. The Bertz CT molecular complexity index is 423. The van der Waals surface area contributed by atoms with E-state index in [0.717, 1.165) is 13.0 Å². The average Bonchev–Trinajstić information content (AvgIpc) is 2.55. The fraction of sp³-hybridized carbons (Fsp3) is 0.400. The SMILES string of the molecule is CN1CCC(Nc2nc(Cl)ccc2N)C1=O. The number of pyridine rings is 1. The molecule has 0 saturated carbocycles. The minimum absolute atomic E-state index is 0.0566. The van der Waals surface area contributed by atoms with Crippen molar-refractivity contribution in [3.8, 4) is 0 Å². The highest BCUT2D eigenvalue weighted by Gasteiger charge is 2.29. The number of nitrogens with zero attached hydrogens (tertiary/aromatic N) is 2. The zero-order valence-corrected chi connectivity index (χ0v) is 9.66. The maximum absolute atomic E-state index is 11.7. The standard InChI is InChI=1S/C10H13ClN4O/c1-15-5-4-7(10(15)16)13-9-6(12)2-3-8(11)14-9/h2-3,7H,4-5,12H2,1H3,(H,13,14). The fourth-order valence-electron chi connectivity index (χ4n) is 1.68. The van der Waals surface area contributed by atoms with Crippen LogP contribution in [-0.2, 0) is 4.79 Å². The predicted octanol–water partition coefficient (Wildman–Crippen LogP) is 0.960. The van der Waals surface area contributed by atoms with Crippen LogP contribution >= 0.6 is 11.6 Å². The zero-order valence-electron chi connectivity index (χ0n) is 8.90. The van der Waals surface area contributed by atoms with Gasteiger partial charge in [-0.3, -0.25) is 4.79 Å². The van der Waals surface area contributed by atoms with Gasteiger partial charge in [-0.2, -0.15) is 0 Å². The van der Waals surface area contributed by atoms with Gasteiger partial charge in [0.1, 0.15) is 11.2 Å². The topological polar surface area (TPSA) is 71.2 Å². The van der Waals surface area contributed by atoms with Gasteiger partial charge in [-0.15, -0.1) is 0 Å². The van der Waals surface area contributed by atoms with E-state index >= 15 is 0 Å². The van der Waals surface area contributed by atoms with Gasteiger partial charge >= 0.3 is 0 Å². The van der Waals surface area contributed by atoms with Crippen molar-refractivity contribution in [3.05, 3.63) is 17.3 Å². The second-order valence-electron chi connectivity index (χ2n) is 3.82. The fourth-order valence-corrected chi connectivity index (χ4v) is 1.83. The lowest BCUT2D eigenvalue weighted by Crippen LogP contribution is -2.31. The molecule has 1 aromatic rings. The number of nitrogens with two attached hydrogens (primary N) is 1. The summed E-state index contributed by atoms with van der Waals surface area (Å²) in [6.45, 7) is 0.747. The van der Waals surface area contributed by atoms with Crippen molar-refractivity contribution in [1.29, 1.82) is 0 Å². The van der Waals surface area contributed by atoms with E-state index in [1.165, 1.54) is 0 Å². The van der Waals surface area contributed by atoms with Gasteiger partial charge in [0, 0.05) is 13.6 Å². The molecule has 1 fully saturated rings. The van der Waals surface area contributed by atoms with Gasteiger partial charge in [-0.05, 0) is 18.6 Å². The van der Waals surface area contributed by atoms with Gasteiger partial charge < -0.3 is 16.0 Å². The second-order valence-corrected chi connectivity index (χ2v) is 4.20. The van der Waals surface area contributed by atoms with E-state index in [1.807, 2.05) is 0 Å². The molecule has 0 spiro atoms. The quantitative estimate of drug-likeness (QED) is 0.756. The van der Waals surface area contributed by atoms with Crippen molar-refractivity contribution in [2.24, 2.45) is 0 Å². The number of carbonyl (C=O) groups is 1. The highest BCUT2D eigenvalue weighted by atomic mass is 35.5. The van der Waals surface area contributed by atoms with Crippen LogP contribution in [0.3, 0.4) is 0 Å². The number of amides is 1. The molecule has 1 aliphatic rings. The van der Waals surface area contributed by atoms with Crippen LogP contribution in [0.4, 0.5) is 11.5 Å². The molecule has 16 heavy (non-hydrogen) atoms. The Morgan fingerprint density at radius 2 is 2.38 bits per heavy atom. The van der Waals surface area contributed by atoms with Crippen molar-refractivity contribution in [2.45, 2.75) is 12.5 Å². The third kappa shape index (κ3) is 2.04. The molecule has 0 bridgehead atoms. The first kappa shape index (κ1) is 11.0. The molecule has 3 N–H and O–H groups in total. The first-order chi connectivity index (χ1) is 7.58. The summed E-state index contributed by atoms with van der Waals surface area (Å²) in [4.78, 5) is 17.4. The number of aromatic nitrogens is 1. The van der Waals surface area contributed by atoms with Crippen molar-refractivity contribution >= 4 is 29.0 Å². The largest absolute Gasteiger partial charge is 0.396 e. The minimum atomic E-state index is -0.252. The molecule has 2 heterocycles.